The van der Waals surface area contributed by atoms with Crippen LogP contribution in [0.25, 0.3) is 0 Å². The molecule has 1 saturated heterocycles. The van der Waals surface area contributed by atoms with Crippen molar-refractivity contribution >= 4 is 43.2 Å². The molecule has 0 spiro atoms. The number of hydrogen-bond acceptors (Lipinski definition) is 5. The van der Waals surface area contributed by atoms with E-state index in [9.17, 15) is 13.2 Å². The Kier molecular flexibility index (Phi) is 4.62. The summed E-state index contributed by atoms with van der Waals surface area (Å²) in [6.45, 7) is 0.849. The van der Waals surface area contributed by atoms with Crippen LogP contribution < -0.4 is 10.5 Å². The number of carbonyl (C=O) groups excluding carboxylic acids is 1. The summed E-state index contributed by atoms with van der Waals surface area (Å²) in [5.74, 6) is -0.243. The minimum atomic E-state index is -3.62. The van der Waals surface area contributed by atoms with Gasteiger partial charge in [0.1, 0.15) is 4.21 Å². The molecular weight excluding hydrogens is 354 g/mol. The number of thiophene rings is 1. The molecule has 0 aliphatic carbocycles. The number of carbonyl (C=O) groups is 1. The first-order chi connectivity index (χ1) is 8.88. The van der Waals surface area contributed by atoms with E-state index < -0.39 is 10.0 Å². The molecule has 6 nitrogen and oxygen atoms in total. The van der Waals surface area contributed by atoms with E-state index in [-0.39, 0.29) is 22.7 Å². The van der Waals surface area contributed by atoms with E-state index in [1.54, 1.807) is 11.0 Å². The first-order valence-corrected chi connectivity index (χ1v) is 8.76. The predicted molar refractivity (Wildman–Crippen MR) is 76.4 cm³/mol. The Hall–Kier alpha value is -0.480. The predicted octanol–water partition coefficient (Wildman–Crippen LogP) is 0.348. The molecular formula is C10H14BrN3O3S2. The van der Waals surface area contributed by atoms with Gasteiger partial charge in [-0.3, -0.25) is 4.79 Å². The van der Waals surface area contributed by atoms with Crippen LogP contribution in [0.2, 0.25) is 0 Å². The van der Waals surface area contributed by atoms with Crippen molar-refractivity contribution in [2.24, 2.45) is 5.73 Å². The summed E-state index contributed by atoms with van der Waals surface area (Å²) >= 11 is 4.30. The van der Waals surface area contributed by atoms with Crippen LogP contribution in [0.15, 0.2) is 20.1 Å². The van der Waals surface area contributed by atoms with E-state index in [1.165, 1.54) is 6.07 Å². The van der Waals surface area contributed by atoms with E-state index in [0.717, 1.165) is 21.5 Å². The molecule has 0 radical (unpaired) electrons. The highest BCUT2D eigenvalue weighted by atomic mass is 79.9. The van der Waals surface area contributed by atoms with Gasteiger partial charge in [-0.15, -0.1) is 11.3 Å². The standard InChI is InChI=1S/C10H14BrN3O3S2/c11-8-1-2-10(18-8)19(16,17)13-5-9(15)14-4-3-7(12)6-14/h1-2,7,13H,3-6,12H2/t7-/m1/s1. The molecule has 19 heavy (non-hydrogen) atoms. The topological polar surface area (TPSA) is 92.5 Å². The number of rotatable bonds is 4. The summed E-state index contributed by atoms with van der Waals surface area (Å²) < 4.78 is 27.0. The first kappa shape index (κ1) is 14.9. The molecule has 2 heterocycles. The highest BCUT2D eigenvalue weighted by Gasteiger charge is 2.25. The van der Waals surface area contributed by atoms with Crippen LogP contribution in [-0.4, -0.2) is 44.9 Å². The first-order valence-electron chi connectivity index (χ1n) is 5.67. The number of hydrogen-bond donors (Lipinski definition) is 2. The minimum absolute atomic E-state index is 0.00573. The second kappa shape index (κ2) is 5.88. The van der Waals surface area contributed by atoms with Crippen molar-refractivity contribution in [3.8, 4) is 0 Å². The van der Waals surface area contributed by atoms with E-state index in [0.29, 0.717) is 13.1 Å². The maximum Gasteiger partial charge on any atom is 0.250 e. The molecule has 0 unspecified atom stereocenters. The molecule has 1 atom stereocenters. The Morgan fingerprint density at radius 3 is 2.84 bits per heavy atom. The van der Waals surface area contributed by atoms with Gasteiger partial charge in [0.05, 0.1) is 10.3 Å². The zero-order valence-electron chi connectivity index (χ0n) is 10.0. The molecule has 9 heteroatoms. The molecule has 2 rings (SSSR count). The van der Waals surface area contributed by atoms with Gasteiger partial charge in [-0.1, -0.05) is 0 Å². The van der Waals surface area contributed by atoms with Crippen molar-refractivity contribution in [3.63, 3.8) is 0 Å². The fourth-order valence-corrected chi connectivity index (χ4v) is 4.82. The number of nitrogens with zero attached hydrogens (tertiary/aromatic N) is 1. The smallest absolute Gasteiger partial charge is 0.250 e. The summed E-state index contributed by atoms with van der Waals surface area (Å²) in [5, 5.41) is 0. The second-order valence-corrected chi connectivity index (χ2v) is 8.73. The lowest BCUT2D eigenvalue weighted by atomic mass is 10.3. The third kappa shape index (κ3) is 3.76. The number of sulfonamides is 1. The normalized spacial score (nSPS) is 19.9. The van der Waals surface area contributed by atoms with Crippen LogP contribution >= 0.6 is 27.3 Å². The lowest BCUT2D eigenvalue weighted by Gasteiger charge is -2.15. The number of halogens is 1. The molecule has 1 aliphatic heterocycles. The Morgan fingerprint density at radius 1 is 1.58 bits per heavy atom. The van der Waals surface area contributed by atoms with Gasteiger partial charge in [0.25, 0.3) is 10.0 Å². The zero-order valence-corrected chi connectivity index (χ0v) is 13.2. The molecule has 0 aromatic carbocycles. The number of nitrogens with two attached hydrogens (primary N) is 1. The van der Waals surface area contributed by atoms with Gasteiger partial charge < -0.3 is 10.6 Å². The third-order valence-corrected chi connectivity index (χ3v) is 6.32. The summed E-state index contributed by atoms with van der Waals surface area (Å²) in [4.78, 5) is 13.4. The van der Waals surface area contributed by atoms with Crippen LogP contribution in [0.3, 0.4) is 0 Å². The van der Waals surface area contributed by atoms with Crippen LogP contribution in [-0.2, 0) is 14.8 Å². The van der Waals surface area contributed by atoms with Crippen LogP contribution in [0.5, 0.6) is 0 Å². The van der Waals surface area contributed by atoms with Crippen molar-refractivity contribution in [2.75, 3.05) is 19.6 Å². The fraction of sp³-hybridized carbons (Fsp3) is 0.500. The average molecular weight is 368 g/mol. The number of nitrogens with one attached hydrogen (secondary N) is 1. The van der Waals surface area contributed by atoms with Gasteiger partial charge in [0.15, 0.2) is 0 Å². The Bertz CT molecular complexity index is 572. The SMILES string of the molecule is N[C@@H]1CCN(C(=O)CNS(=O)(=O)c2ccc(Br)s2)C1. The van der Waals surface area contributed by atoms with E-state index in [1.807, 2.05) is 0 Å². The lowest BCUT2D eigenvalue weighted by Crippen LogP contribution is -2.39. The van der Waals surface area contributed by atoms with Crippen molar-refractivity contribution in [1.29, 1.82) is 0 Å². The lowest BCUT2D eigenvalue weighted by molar-refractivity contribution is -0.128. The molecule has 0 saturated carbocycles. The highest BCUT2D eigenvalue weighted by Crippen LogP contribution is 2.25. The molecule has 1 aliphatic rings. The molecule has 0 bridgehead atoms. The molecule has 1 amide bonds. The van der Waals surface area contributed by atoms with Gasteiger partial charge >= 0.3 is 0 Å². The monoisotopic (exact) mass is 367 g/mol. The highest BCUT2D eigenvalue weighted by molar-refractivity contribution is 9.11. The van der Waals surface area contributed by atoms with E-state index in [4.69, 9.17) is 5.73 Å². The van der Waals surface area contributed by atoms with E-state index >= 15 is 0 Å². The molecule has 1 aromatic rings. The van der Waals surface area contributed by atoms with Gasteiger partial charge in [0, 0.05) is 19.1 Å². The molecule has 106 valence electrons. The maximum absolute atomic E-state index is 11.9. The largest absolute Gasteiger partial charge is 0.340 e. The number of amides is 1. The second-order valence-electron chi connectivity index (χ2n) is 4.27. The van der Waals surface area contributed by atoms with Gasteiger partial charge in [-0.2, -0.15) is 0 Å². The molecule has 3 N–H and O–H groups in total. The number of likely N-dealkylation sites (tertiary alicyclic amines) is 1. The Balaban J connectivity index is 1.93. The minimum Gasteiger partial charge on any atom is -0.340 e. The Labute approximate surface area is 124 Å². The summed E-state index contributed by atoms with van der Waals surface area (Å²) in [6, 6.07) is 3.14. The average Bonchev–Trinajstić information content (AvgIpc) is 2.95. The van der Waals surface area contributed by atoms with Gasteiger partial charge in [-0.05, 0) is 34.5 Å². The summed E-state index contributed by atoms with van der Waals surface area (Å²) in [5.41, 5.74) is 5.70. The van der Waals surface area contributed by atoms with Crippen LogP contribution in [0.1, 0.15) is 6.42 Å². The van der Waals surface area contributed by atoms with Crippen molar-refractivity contribution in [2.45, 2.75) is 16.7 Å². The fourth-order valence-electron chi connectivity index (χ4n) is 1.80. The maximum atomic E-state index is 11.9. The third-order valence-electron chi connectivity index (χ3n) is 2.80. The van der Waals surface area contributed by atoms with Gasteiger partial charge in [-0.25, -0.2) is 13.1 Å². The van der Waals surface area contributed by atoms with Crippen molar-refractivity contribution in [3.05, 3.63) is 15.9 Å². The molecule has 1 fully saturated rings. The van der Waals surface area contributed by atoms with Crippen LogP contribution in [0.4, 0.5) is 0 Å². The Morgan fingerprint density at radius 2 is 2.32 bits per heavy atom. The quantitative estimate of drug-likeness (QED) is 0.802. The van der Waals surface area contributed by atoms with Crippen molar-refractivity contribution in [1.82, 2.24) is 9.62 Å². The van der Waals surface area contributed by atoms with Crippen molar-refractivity contribution < 1.29 is 13.2 Å². The van der Waals surface area contributed by atoms with E-state index in [2.05, 4.69) is 20.7 Å². The summed E-state index contributed by atoms with van der Waals surface area (Å²) in [6.07, 6.45) is 0.760. The van der Waals surface area contributed by atoms with Crippen LogP contribution in [0, 0.1) is 0 Å². The summed E-state index contributed by atoms with van der Waals surface area (Å²) in [7, 11) is -3.62. The zero-order chi connectivity index (χ0) is 14.0. The molecule has 1 aromatic heterocycles. The van der Waals surface area contributed by atoms with Gasteiger partial charge in [0.2, 0.25) is 5.91 Å².